The Hall–Kier alpha value is -2.17. The van der Waals surface area contributed by atoms with Crippen molar-refractivity contribution >= 4 is 11.8 Å². The van der Waals surface area contributed by atoms with Gasteiger partial charge in [0.25, 0.3) is 5.91 Å². The van der Waals surface area contributed by atoms with Crippen molar-refractivity contribution in [1.82, 2.24) is 9.80 Å². The fraction of sp³-hybridized carbons (Fsp3) is 0.444. The van der Waals surface area contributed by atoms with Crippen LogP contribution < -0.4 is 0 Å². The molecule has 1 aromatic rings. The van der Waals surface area contributed by atoms with Crippen molar-refractivity contribution in [1.29, 1.82) is 0 Å². The van der Waals surface area contributed by atoms with E-state index in [1.54, 1.807) is 11.0 Å². The number of rotatable bonds is 3. The van der Waals surface area contributed by atoms with Crippen LogP contribution in [0.5, 0.6) is 0 Å². The first-order chi connectivity index (χ1) is 11.1. The van der Waals surface area contributed by atoms with E-state index in [0.717, 1.165) is 12.8 Å². The molecule has 1 unspecified atom stereocenters. The first-order valence-electron chi connectivity index (χ1n) is 8.13. The number of carbonyl (C=O) groups excluding carboxylic acids is 2. The van der Waals surface area contributed by atoms with E-state index >= 15 is 0 Å². The molecule has 1 aliphatic carbocycles. The van der Waals surface area contributed by atoms with E-state index in [9.17, 15) is 14.0 Å². The smallest absolute Gasteiger partial charge is 0.254 e. The molecule has 4 nitrogen and oxygen atoms in total. The number of nitrogens with zero attached hydrogens (tertiary/aromatic N) is 2. The number of carbonyl (C=O) groups is 2. The Labute approximate surface area is 135 Å². The van der Waals surface area contributed by atoms with Crippen LogP contribution in [0, 0.1) is 11.7 Å². The van der Waals surface area contributed by atoms with E-state index in [1.165, 1.54) is 18.2 Å². The molecule has 122 valence electrons. The largest absolute Gasteiger partial charge is 0.339 e. The third-order valence-electron chi connectivity index (χ3n) is 4.54. The maximum Gasteiger partial charge on any atom is 0.254 e. The van der Waals surface area contributed by atoms with Gasteiger partial charge in [0.1, 0.15) is 5.82 Å². The Morgan fingerprint density at radius 1 is 1.13 bits per heavy atom. The van der Waals surface area contributed by atoms with Gasteiger partial charge in [-0.2, -0.15) is 0 Å². The van der Waals surface area contributed by atoms with Crippen molar-refractivity contribution in [3.63, 3.8) is 0 Å². The summed E-state index contributed by atoms with van der Waals surface area (Å²) in [5.41, 5.74) is 0.362. The summed E-state index contributed by atoms with van der Waals surface area (Å²) in [6, 6.07) is 5.74. The monoisotopic (exact) mass is 316 g/mol. The maximum absolute atomic E-state index is 13.2. The van der Waals surface area contributed by atoms with Crippen molar-refractivity contribution in [3.05, 3.63) is 47.8 Å². The molecule has 0 saturated carbocycles. The maximum atomic E-state index is 13.2. The quantitative estimate of drug-likeness (QED) is 0.804. The first-order valence-corrected chi connectivity index (χ1v) is 8.13. The van der Waals surface area contributed by atoms with Gasteiger partial charge in [-0.3, -0.25) is 9.59 Å². The molecule has 0 N–H and O–H groups in total. The van der Waals surface area contributed by atoms with E-state index in [1.807, 2.05) is 4.90 Å². The molecule has 0 aromatic heterocycles. The molecule has 1 aromatic carbocycles. The summed E-state index contributed by atoms with van der Waals surface area (Å²) in [4.78, 5) is 28.2. The SMILES string of the molecule is O=C(CC1C=CCC1)N1CCN(C(=O)c2cccc(F)c2)CC1. The fourth-order valence-electron chi connectivity index (χ4n) is 3.18. The average Bonchev–Trinajstić information content (AvgIpc) is 3.07. The van der Waals surface area contributed by atoms with Crippen molar-refractivity contribution in [3.8, 4) is 0 Å². The molecule has 23 heavy (non-hydrogen) atoms. The third-order valence-corrected chi connectivity index (χ3v) is 4.54. The molecule has 2 amide bonds. The van der Waals surface area contributed by atoms with Crippen LogP contribution in [0.2, 0.25) is 0 Å². The molecule has 5 heteroatoms. The Morgan fingerprint density at radius 2 is 1.87 bits per heavy atom. The first kappa shape index (κ1) is 15.7. The van der Waals surface area contributed by atoms with Gasteiger partial charge in [0.15, 0.2) is 0 Å². The standard InChI is InChI=1S/C18H21FN2O2/c19-16-7-3-6-15(13-16)18(23)21-10-8-20(9-11-21)17(22)12-14-4-1-2-5-14/h1,3-4,6-7,13-14H,2,5,8-12H2. The number of hydrogen-bond donors (Lipinski definition) is 0. The lowest BCUT2D eigenvalue weighted by molar-refractivity contribution is -0.133. The Morgan fingerprint density at radius 3 is 2.52 bits per heavy atom. The van der Waals surface area contributed by atoms with Gasteiger partial charge < -0.3 is 9.80 Å². The summed E-state index contributed by atoms with van der Waals surface area (Å²) in [6.45, 7) is 2.11. The minimum atomic E-state index is -0.408. The van der Waals surface area contributed by atoms with Crippen LogP contribution in [0.3, 0.4) is 0 Å². The van der Waals surface area contributed by atoms with Crippen LogP contribution in [0.25, 0.3) is 0 Å². The molecule has 0 radical (unpaired) electrons. The molecule has 1 fully saturated rings. The van der Waals surface area contributed by atoms with Gasteiger partial charge in [-0.25, -0.2) is 4.39 Å². The molecule has 0 bridgehead atoms. The van der Waals surface area contributed by atoms with E-state index < -0.39 is 5.82 Å². The van der Waals surface area contributed by atoms with Crippen LogP contribution >= 0.6 is 0 Å². The topological polar surface area (TPSA) is 40.6 Å². The molecular weight excluding hydrogens is 295 g/mol. The molecule has 0 spiro atoms. The predicted molar refractivity (Wildman–Crippen MR) is 85.4 cm³/mol. The van der Waals surface area contributed by atoms with Gasteiger partial charge in [-0.1, -0.05) is 18.2 Å². The zero-order valence-corrected chi connectivity index (χ0v) is 13.1. The highest BCUT2D eigenvalue weighted by molar-refractivity contribution is 5.94. The Balaban J connectivity index is 1.52. The molecule has 3 rings (SSSR count). The number of hydrogen-bond acceptors (Lipinski definition) is 2. The molecular formula is C18H21FN2O2. The van der Waals surface area contributed by atoms with Crippen molar-refractivity contribution in [2.45, 2.75) is 19.3 Å². The highest BCUT2D eigenvalue weighted by atomic mass is 19.1. The highest BCUT2D eigenvalue weighted by Gasteiger charge is 2.26. The van der Waals surface area contributed by atoms with E-state index in [0.29, 0.717) is 44.1 Å². The van der Waals surface area contributed by atoms with Gasteiger partial charge in [-0.05, 0) is 37.0 Å². The summed E-state index contributed by atoms with van der Waals surface area (Å²) in [6.07, 6.45) is 6.95. The fourth-order valence-corrected chi connectivity index (χ4v) is 3.18. The summed E-state index contributed by atoms with van der Waals surface area (Å²) in [7, 11) is 0. The minimum absolute atomic E-state index is 0.166. The van der Waals surface area contributed by atoms with Gasteiger partial charge in [-0.15, -0.1) is 0 Å². The molecule has 1 heterocycles. The normalized spacial score (nSPS) is 20.8. The number of benzene rings is 1. The summed E-state index contributed by atoms with van der Waals surface area (Å²) < 4.78 is 13.2. The lowest BCUT2D eigenvalue weighted by atomic mass is 10.0. The highest BCUT2D eigenvalue weighted by Crippen LogP contribution is 2.21. The molecule has 2 aliphatic rings. The number of amides is 2. The zero-order valence-electron chi connectivity index (χ0n) is 13.1. The summed E-state index contributed by atoms with van der Waals surface area (Å²) in [5, 5.41) is 0. The number of allylic oxidation sites excluding steroid dienone is 2. The van der Waals surface area contributed by atoms with Crippen LogP contribution in [-0.2, 0) is 4.79 Å². The van der Waals surface area contributed by atoms with Crippen molar-refractivity contribution in [2.75, 3.05) is 26.2 Å². The van der Waals surface area contributed by atoms with Crippen LogP contribution in [0.4, 0.5) is 4.39 Å². The van der Waals surface area contributed by atoms with Crippen molar-refractivity contribution < 1.29 is 14.0 Å². The number of piperazine rings is 1. The second-order valence-electron chi connectivity index (χ2n) is 6.15. The van der Waals surface area contributed by atoms with Gasteiger partial charge in [0.2, 0.25) is 5.91 Å². The molecule has 1 aliphatic heterocycles. The summed E-state index contributed by atoms with van der Waals surface area (Å²) >= 11 is 0. The summed E-state index contributed by atoms with van der Waals surface area (Å²) in [5.74, 6) is -0.0431. The molecule has 1 saturated heterocycles. The Kier molecular flexibility index (Phi) is 4.74. The zero-order chi connectivity index (χ0) is 16.2. The van der Waals surface area contributed by atoms with Gasteiger partial charge in [0, 0.05) is 38.2 Å². The second kappa shape index (κ2) is 6.94. The predicted octanol–water partition coefficient (Wildman–Crippen LogP) is 2.47. The van der Waals surface area contributed by atoms with Gasteiger partial charge in [0.05, 0.1) is 0 Å². The van der Waals surface area contributed by atoms with E-state index in [4.69, 9.17) is 0 Å². The minimum Gasteiger partial charge on any atom is -0.339 e. The van der Waals surface area contributed by atoms with Crippen molar-refractivity contribution in [2.24, 2.45) is 5.92 Å². The lowest BCUT2D eigenvalue weighted by Crippen LogP contribution is -2.50. The van der Waals surface area contributed by atoms with Crippen LogP contribution in [-0.4, -0.2) is 47.8 Å². The second-order valence-corrected chi connectivity index (χ2v) is 6.15. The average molecular weight is 316 g/mol. The van der Waals surface area contributed by atoms with E-state index in [2.05, 4.69) is 12.2 Å². The Bertz CT molecular complexity index is 621. The molecule has 1 atom stereocenters. The van der Waals surface area contributed by atoms with Gasteiger partial charge >= 0.3 is 0 Å². The van der Waals surface area contributed by atoms with E-state index in [-0.39, 0.29) is 11.8 Å². The third kappa shape index (κ3) is 3.78. The van der Waals surface area contributed by atoms with Crippen LogP contribution in [0.15, 0.2) is 36.4 Å². The van der Waals surface area contributed by atoms with Crippen LogP contribution in [0.1, 0.15) is 29.6 Å². The lowest BCUT2D eigenvalue weighted by Gasteiger charge is -2.35. The number of halogens is 1.